The van der Waals surface area contributed by atoms with Gasteiger partial charge in [-0.05, 0) is 42.3 Å². The SMILES string of the molecule is CCCCCCCCCCOc1ccc(C(=O)C=Cc2ccccc2)cc1. The molecule has 0 fully saturated rings. The van der Waals surface area contributed by atoms with Crippen LogP contribution in [0.4, 0.5) is 0 Å². The number of allylic oxidation sites excluding steroid dienone is 1. The van der Waals surface area contributed by atoms with Crippen molar-refractivity contribution in [2.75, 3.05) is 6.61 Å². The van der Waals surface area contributed by atoms with Gasteiger partial charge in [0.25, 0.3) is 0 Å². The average Bonchev–Trinajstić information content (AvgIpc) is 2.72. The molecule has 0 aliphatic heterocycles. The van der Waals surface area contributed by atoms with Crippen LogP contribution in [0.5, 0.6) is 5.75 Å². The van der Waals surface area contributed by atoms with Crippen LogP contribution in [0.1, 0.15) is 74.2 Å². The van der Waals surface area contributed by atoms with Crippen molar-refractivity contribution in [3.05, 3.63) is 71.8 Å². The lowest BCUT2D eigenvalue weighted by molar-refractivity contribution is 0.104. The van der Waals surface area contributed by atoms with E-state index in [4.69, 9.17) is 4.74 Å². The molecule has 2 aromatic carbocycles. The second-order valence-electron chi connectivity index (χ2n) is 6.96. The monoisotopic (exact) mass is 364 g/mol. The van der Waals surface area contributed by atoms with Crippen molar-refractivity contribution in [1.82, 2.24) is 0 Å². The molecule has 0 amide bonds. The van der Waals surface area contributed by atoms with Crippen LogP contribution in [0, 0.1) is 0 Å². The summed E-state index contributed by atoms with van der Waals surface area (Å²) < 4.78 is 5.79. The largest absolute Gasteiger partial charge is 0.494 e. The van der Waals surface area contributed by atoms with Gasteiger partial charge in [0.15, 0.2) is 5.78 Å². The average molecular weight is 365 g/mol. The van der Waals surface area contributed by atoms with Gasteiger partial charge in [-0.1, -0.05) is 88.3 Å². The molecule has 0 aliphatic carbocycles. The number of hydrogen-bond acceptors (Lipinski definition) is 2. The third kappa shape index (κ3) is 8.72. The summed E-state index contributed by atoms with van der Waals surface area (Å²) in [4.78, 5) is 12.2. The summed E-state index contributed by atoms with van der Waals surface area (Å²) in [6.45, 7) is 3.00. The molecule has 0 spiro atoms. The lowest BCUT2D eigenvalue weighted by Gasteiger charge is -2.06. The molecule has 2 nitrogen and oxygen atoms in total. The van der Waals surface area contributed by atoms with Crippen molar-refractivity contribution in [3.8, 4) is 5.75 Å². The van der Waals surface area contributed by atoms with Gasteiger partial charge in [-0.2, -0.15) is 0 Å². The molecule has 0 aliphatic rings. The Morgan fingerprint density at radius 1 is 0.815 bits per heavy atom. The highest BCUT2D eigenvalue weighted by molar-refractivity contribution is 6.06. The molecule has 0 radical (unpaired) electrons. The summed E-state index contributed by atoms with van der Waals surface area (Å²) in [5, 5.41) is 0. The van der Waals surface area contributed by atoms with E-state index in [-0.39, 0.29) is 5.78 Å². The number of carbonyl (C=O) groups excluding carboxylic acids is 1. The summed E-state index contributed by atoms with van der Waals surface area (Å²) in [6.07, 6.45) is 13.8. The van der Waals surface area contributed by atoms with Crippen molar-refractivity contribution in [3.63, 3.8) is 0 Å². The van der Waals surface area contributed by atoms with E-state index in [1.807, 2.05) is 60.7 Å². The minimum atomic E-state index is 0.00785. The van der Waals surface area contributed by atoms with Crippen LogP contribution in [0.15, 0.2) is 60.7 Å². The quantitative estimate of drug-likeness (QED) is 0.215. The van der Waals surface area contributed by atoms with Crippen molar-refractivity contribution in [2.24, 2.45) is 0 Å². The first-order valence-corrected chi connectivity index (χ1v) is 10.3. The van der Waals surface area contributed by atoms with E-state index >= 15 is 0 Å². The van der Waals surface area contributed by atoms with Crippen LogP contribution in [-0.2, 0) is 0 Å². The molecule has 0 heterocycles. The summed E-state index contributed by atoms with van der Waals surface area (Å²) in [7, 11) is 0. The Kier molecular flexibility index (Phi) is 10.0. The summed E-state index contributed by atoms with van der Waals surface area (Å²) in [5.41, 5.74) is 1.71. The van der Waals surface area contributed by atoms with E-state index < -0.39 is 0 Å². The first-order valence-electron chi connectivity index (χ1n) is 10.3. The number of carbonyl (C=O) groups is 1. The van der Waals surface area contributed by atoms with Crippen LogP contribution < -0.4 is 4.74 Å². The van der Waals surface area contributed by atoms with Gasteiger partial charge in [-0.25, -0.2) is 0 Å². The molecule has 27 heavy (non-hydrogen) atoms. The second kappa shape index (κ2) is 12.9. The van der Waals surface area contributed by atoms with Gasteiger partial charge >= 0.3 is 0 Å². The predicted octanol–water partition coefficient (Wildman–Crippen LogP) is 7.10. The Hall–Kier alpha value is -2.35. The third-order valence-corrected chi connectivity index (χ3v) is 4.63. The van der Waals surface area contributed by atoms with E-state index in [1.165, 1.54) is 44.9 Å². The second-order valence-corrected chi connectivity index (χ2v) is 6.96. The molecule has 0 atom stereocenters. The van der Waals surface area contributed by atoms with Crippen LogP contribution >= 0.6 is 0 Å². The molecule has 0 saturated heterocycles. The van der Waals surface area contributed by atoms with E-state index in [2.05, 4.69) is 6.92 Å². The van der Waals surface area contributed by atoms with Crippen LogP contribution in [0.2, 0.25) is 0 Å². The lowest BCUT2D eigenvalue weighted by atomic mass is 10.1. The van der Waals surface area contributed by atoms with Gasteiger partial charge in [-0.15, -0.1) is 0 Å². The molecule has 2 rings (SSSR count). The third-order valence-electron chi connectivity index (χ3n) is 4.63. The molecule has 0 unspecified atom stereocenters. The summed E-state index contributed by atoms with van der Waals surface area (Å²) in [6, 6.07) is 17.3. The van der Waals surface area contributed by atoms with E-state index in [0.29, 0.717) is 5.56 Å². The van der Waals surface area contributed by atoms with Gasteiger partial charge in [0.2, 0.25) is 0 Å². The number of benzene rings is 2. The molecule has 0 bridgehead atoms. The van der Waals surface area contributed by atoms with Crippen LogP contribution in [0.25, 0.3) is 6.08 Å². The topological polar surface area (TPSA) is 26.3 Å². The maximum Gasteiger partial charge on any atom is 0.185 e. The Bertz CT molecular complexity index is 671. The molecule has 0 aromatic heterocycles. The first-order chi connectivity index (χ1) is 13.3. The zero-order chi connectivity index (χ0) is 19.2. The Morgan fingerprint density at radius 3 is 2.11 bits per heavy atom. The molecular formula is C25H32O2. The molecule has 0 N–H and O–H groups in total. The first kappa shape index (κ1) is 21.0. The van der Waals surface area contributed by atoms with Crippen LogP contribution in [-0.4, -0.2) is 12.4 Å². The van der Waals surface area contributed by atoms with Gasteiger partial charge in [0.05, 0.1) is 6.61 Å². The fourth-order valence-electron chi connectivity index (χ4n) is 2.97. The van der Waals surface area contributed by atoms with Crippen molar-refractivity contribution in [1.29, 1.82) is 0 Å². The maximum absolute atomic E-state index is 12.2. The predicted molar refractivity (Wildman–Crippen MR) is 114 cm³/mol. The number of unbranched alkanes of at least 4 members (excludes halogenated alkanes) is 7. The minimum Gasteiger partial charge on any atom is -0.494 e. The number of ether oxygens (including phenoxy) is 1. The number of ketones is 1. The molecular weight excluding hydrogens is 332 g/mol. The van der Waals surface area contributed by atoms with Gasteiger partial charge in [0, 0.05) is 5.56 Å². The highest BCUT2D eigenvalue weighted by atomic mass is 16.5. The molecule has 0 saturated carbocycles. The smallest absolute Gasteiger partial charge is 0.185 e. The highest BCUT2D eigenvalue weighted by Gasteiger charge is 2.02. The lowest BCUT2D eigenvalue weighted by Crippen LogP contribution is -1.99. The van der Waals surface area contributed by atoms with Gasteiger partial charge < -0.3 is 4.74 Å². The zero-order valence-corrected chi connectivity index (χ0v) is 16.5. The Balaban J connectivity index is 1.64. The molecule has 144 valence electrons. The Labute approximate surface area is 164 Å². The van der Waals surface area contributed by atoms with Crippen LogP contribution in [0.3, 0.4) is 0 Å². The minimum absolute atomic E-state index is 0.00785. The zero-order valence-electron chi connectivity index (χ0n) is 16.5. The van der Waals surface area contributed by atoms with Gasteiger partial charge in [-0.3, -0.25) is 4.79 Å². The fraction of sp³-hybridized carbons (Fsp3) is 0.400. The number of rotatable bonds is 13. The van der Waals surface area contributed by atoms with E-state index in [0.717, 1.165) is 24.3 Å². The van der Waals surface area contributed by atoms with Crippen molar-refractivity contribution >= 4 is 11.9 Å². The summed E-state index contributed by atoms with van der Waals surface area (Å²) >= 11 is 0. The molecule has 2 heteroatoms. The maximum atomic E-state index is 12.2. The summed E-state index contributed by atoms with van der Waals surface area (Å²) in [5.74, 6) is 0.843. The standard InChI is InChI=1S/C25H32O2/c1-2-3-4-5-6-7-8-12-21-27-24-18-16-23(17-19-24)25(26)20-15-22-13-10-9-11-14-22/h9-11,13-20H,2-8,12,21H2,1H3. The Morgan fingerprint density at radius 2 is 1.44 bits per heavy atom. The fourth-order valence-corrected chi connectivity index (χ4v) is 2.97. The van der Waals surface area contributed by atoms with Crippen molar-refractivity contribution < 1.29 is 9.53 Å². The normalized spacial score (nSPS) is 11.0. The van der Waals surface area contributed by atoms with Crippen molar-refractivity contribution in [2.45, 2.75) is 58.3 Å². The number of hydrogen-bond donors (Lipinski definition) is 0. The highest BCUT2D eigenvalue weighted by Crippen LogP contribution is 2.15. The molecule has 2 aromatic rings. The van der Waals surface area contributed by atoms with Gasteiger partial charge in [0.1, 0.15) is 5.75 Å². The van der Waals surface area contributed by atoms with E-state index in [1.54, 1.807) is 6.08 Å². The van der Waals surface area contributed by atoms with E-state index in [9.17, 15) is 4.79 Å².